The quantitative estimate of drug-likeness (QED) is 0.883. The van der Waals surface area contributed by atoms with E-state index in [0.29, 0.717) is 10.9 Å². The van der Waals surface area contributed by atoms with E-state index in [0.717, 1.165) is 11.3 Å². The molecular weight excluding hydrogens is 286 g/mol. The van der Waals surface area contributed by atoms with E-state index >= 15 is 0 Å². The van der Waals surface area contributed by atoms with Crippen LogP contribution in [0.5, 0.6) is 0 Å². The zero-order chi connectivity index (χ0) is 14.8. The number of amides is 1. The first-order valence-corrected chi connectivity index (χ1v) is 7.69. The van der Waals surface area contributed by atoms with E-state index in [1.807, 2.05) is 31.2 Å². The third-order valence-electron chi connectivity index (χ3n) is 3.37. The van der Waals surface area contributed by atoms with Crippen LogP contribution in [0.3, 0.4) is 0 Å². The Bertz CT molecular complexity index is 724. The van der Waals surface area contributed by atoms with Gasteiger partial charge in [0.2, 0.25) is 5.91 Å². The summed E-state index contributed by atoms with van der Waals surface area (Å²) in [5.74, 6) is 0.612. The van der Waals surface area contributed by atoms with Crippen LogP contribution in [0.25, 0.3) is 0 Å². The molecule has 0 spiro atoms. The first kappa shape index (κ1) is 13.9. The van der Waals surface area contributed by atoms with Crippen LogP contribution in [0, 0.1) is 6.92 Å². The van der Waals surface area contributed by atoms with Crippen molar-refractivity contribution in [3.05, 3.63) is 52.4 Å². The summed E-state index contributed by atoms with van der Waals surface area (Å²) in [5, 5.41) is 3.55. The molecule has 0 fully saturated rings. The number of nitrogens with zero attached hydrogens (tertiary/aromatic N) is 2. The SMILES string of the molecule is Cc1ccc(NC(=O)CC2CSc3nccc(=O)n32)cc1. The third kappa shape index (κ3) is 3.00. The molecule has 21 heavy (non-hydrogen) atoms. The highest BCUT2D eigenvalue weighted by atomic mass is 32.2. The van der Waals surface area contributed by atoms with Crippen molar-refractivity contribution < 1.29 is 4.79 Å². The van der Waals surface area contributed by atoms with Gasteiger partial charge in [0, 0.05) is 30.1 Å². The number of benzene rings is 1. The number of nitrogens with one attached hydrogen (secondary N) is 1. The van der Waals surface area contributed by atoms with Gasteiger partial charge in [0.1, 0.15) is 0 Å². The first-order valence-electron chi connectivity index (χ1n) is 6.70. The van der Waals surface area contributed by atoms with Crippen LogP contribution >= 0.6 is 11.8 Å². The van der Waals surface area contributed by atoms with Gasteiger partial charge in [-0.05, 0) is 19.1 Å². The molecule has 1 N–H and O–H groups in total. The Balaban J connectivity index is 1.70. The van der Waals surface area contributed by atoms with E-state index in [4.69, 9.17) is 0 Å². The summed E-state index contributed by atoms with van der Waals surface area (Å²) < 4.78 is 1.61. The van der Waals surface area contributed by atoms with Gasteiger partial charge in [0.15, 0.2) is 5.16 Å². The van der Waals surface area contributed by atoms with Crippen LogP contribution in [0.1, 0.15) is 18.0 Å². The summed E-state index contributed by atoms with van der Waals surface area (Å²) >= 11 is 1.51. The average molecular weight is 301 g/mol. The number of fused-ring (bicyclic) bond motifs is 1. The Morgan fingerprint density at radius 1 is 1.38 bits per heavy atom. The first-order chi connectivity index (χ1) is 10.1. The molecule has 0 radical (unpaired) electrons. The molecule has 6 heteroatoms. The van der Waals surface area contributed by atoms with Crippen LogP contribution in [-0.4, -0.2) is 21.2 Å². The molecule has 2 aromatic rings. The smallest absolute Gasteiger partial charge is 0.254 e. The molecule has 108 valence electrons. The molecule has 2 heterocycles. The molecule has 1 aliphatic rings. The van der Waals surface area contributed by atoms with E-state index < -0.39 is 0 Å². The van der Waals surface area contributed by atoms with Crippen molar-refractivity contribution in [1.82, 2.24) is 9.55 Å². The molecule has 1 aromatic carbocycles. The number of rotatable bonds is 3. The maximum absolute atomic E-state index is 12.1. The van der Waals surface area contributed by atoms with Crippen LogP contribution in [-0.2, 0) is 4.79 Å². The second-order valence-corrected chi connectivity index (χ2v) is 6.01. The van der Waals surface area contributed by atoms with Crippen LogP contribution in [0.4, 0.5) is 5.69 Å². The summed E-state index contributed by atoms with van der Waals surface area (Å²) in [7, 11) is 0. The standard InChI is InChI=1S/C15H15N3O2S/c1-10-2-4-11(5-3-10)17-13(19)8-12-9-21-15-16-7-6-14(20)18(12)15/h2-7,12H,8-9H2,1H3,(H,17,19). The number of hydrogen-bond donors (Lipinski definition) is 1. The highest BCUT2D eigenvalue weighted by Gasteiger charge is 2.26. The average Bonchev–Trinajstić information content (AvgIpc) is 2.86. The van der Waals surface area contributed by atoms with E-state index in [9.17, 15) is 9.59 Å². The second-order valence-electron chi connectivity index (χ2n) is 5.02. The van der Waals surface area contributed by atoms with Gasteiger partial charge in [0.25, 0.3) is 5.56 Å². The highest BCUT2D eigenvalue weighted by molar-refractivity contribution is 7.99. The lowest BCUT2D eigenvalue weighted by molar-refractivity contribution is -0.116. The van der Waals surface area contributed by atoms with E-state index in [1.54, 1.807) is 4.57 Å². The van der Waals surface area contributed by atoms with Gasteiger partial charge in [0.05, 0.1) is 6.04 Å². The topological polar surface area (TPSA) is 64.0 Å². The third-order valence-corrected chi connectivity index (χ3v) is 4.48. The molecule has 0 bridgehead atoms. The minimum Gasteiger partial charge on any atom is -0.326 e. The Hall–Kier alpha value is -2.08. The summed E-state index contributed by atoms with van der Waals surface area (Å²) in [4.78, 5) is 28.2. The van der Waals surface area contributed by atoms with Gasteiger partial charge in [-0.2, -0.15) is 0 Å². The summed E-state index contributed by atoms with van der Waals surface area (Å²) in [6.45, 7) is 2.00. The fourth-order valence-corrected chi connectivity index (χ4v) is 3.42. The number of hydrogen-bond acceptors (Lipinski definition) is 4. The summed E-state index contributed by atoms with van der Waals surface area (Å²) in [6.07, 6.45) is 1.79. The van der Waals surface area contributed by atoms with Crippen LogP contribution < -0.4 is 10.9 Å². The number of aromatic nitrogens is 2. The minimum absolute atomic E-state index is 0.0898. The van der Waals surface area contributed by atoms with Gasteiger partial charge >= 0.3 is 0 Å². The Morgan fingerprint density at radius 3 is 2.90 bits per heavy atom. The lowest BCUT2D eigenvalue weighted by Gasteiger charge is -2.12. The molecule has 3 rings (SSSR count). The van der Waals surface area contributed by atoms with Crippen LogP contribution in [0.2, 0.25) is 0 Å². The van der Waals surface area contributed by atoms with Gasteiger partial charge in [-0.15, -0.1) is 0 Å². The van der Waals surface area contributed by atoms with Crippen molar-refractivity contribution in [1.29, 1.82) is 0 Å². The summed E-state index contributed by atoms with van der Waals surface area (Å²) in [5.41, 5.74) is 1.82. The lowest BCUT2D eigenvalue weighted by Crippen LogP contribution is -2.26. The Kier molecular flexibility index (Phi) is 3.79. The van der Waals surface area contributed by atoms with Crippen molar-refractivity contribution in [2.24, 2.45) is 0 Å². The van der Waals surface area contributed by atoms with Gasteiger partial charge in [-0.3, -0.25) is 14.2 Å². The molecule has 0 saturated heterocycles. The Labute approximate surface area is 126 Å². The van der Waals surface area contributed by atoms with Crippen molar-refractivity contribution in [3.8, 4) is 0 Å². The number of anilines is 1. The lowest BCUT2D eigenvalue weighted by atomic mass is 10.2. The molecule has 0 aliphatic carbocycles. The zero-order valence-corrected chi connectivity index (χ0v) is 12.4. The molecule has 1 unspecified atom stereocenters. The van der Waals surface area contributed by atoms with Crippen molar-refractivity contribution >= 4 is 23.4 Å². The molecule has 1 atom stereocenters. The van der Waals surface area contributed by atoms with E-state index in [2.05, 4.69) is 10.3 Å². The number of thioether (sulfide) groups is 1. The van der Waals surface area contributed by atoms with Crippen molar-refractivity contribution in [3.63, 3.8) is 0 Å². The molecule has 1 aliphatic heterocycles. The van der Waals surface area contributed by atoms with Crippen molar-refractivity contribution in [2.45, 2.75) is 24.5 Å². The number of carbonyl (C=O) groups excluding carboxylic acids is 1. The Morgan fingerprint density at radius 2 is 2.14 bits per heavy atom. The largest absolute Gasteiger partial charge is 0.326 e. The van der Waals surface area contributed by atoms with Gasteiger partial charge in [-0.1, -0.05) is 29.5 Å². The maximum Gasteiger partial charge on any atom is 0.254 e. The molecule has 5 nitrogen and oxygen atoms in total. The minimum atomic E-state index is -0.128. The zero-order valence-electron chi connectivity index (χ0n) is 11.6. The second kappa shape index (κ2) is 5.73. The van der Waals surface area contributed by atoms with E-state index in [-0.39, 0.29) is 23.9 Å². The van der Waals surface area contributed by atoms with Crippen LogP contribution in [0.15, 0.2) is 46.5 Å². The predicted octanol–water partition coefficient (Wildman–Crippen LogP) is 2.23. The monoisotopic (exact) mass is 301 g/mol. The molecular formula is C15H15N3O2S. The molecule has 1 amide bonds. The number of carbonyl (C=O) groups is 1. The van der Waals surface area contributed by atoms with Gasteiger partial charge in [-0.25, -0.2) is 4.98 Å². The fourth-order valence-electron chi connectivity index (χ4n) is 2.30. The normalized spacial score (nSPS) is 16.5. The van der Waals surface area contributed by atoms with E-state index in [1.165, 1.54) is 24.0 Å². The maximum atomic E-state index is 12.1. The molecule has 1 aromatic heterocycles. The summed E-state index contributed by atoms with van der Waals surface area (Å²) in [6, 6.07) is 8.95. The number of aryl methyl sites for hydroxylation is 1. The van der Waals surface area contributed by atoms with Gasteiger partial charge < -0.3 is 5.32 Å². The predicted molar refractivity (Wildman–Crippen MR) is 82.7 cm³/mol. The highest BCUT2D eigenvalue weighted by Crippen LogP contribution is 2.31. The fraction of sp³-hybridized carbons (Fsp3) is 0.267. The van der Waals surface area contributed by atoms with Crippen molar-refractivity contribution in [2.75, 3.05) is 11.1 Å². The molecule has 0 saturated carbocycles.